The molecule has 1 fully saturated rings. The SMILES string of the molecule is COc1nc(Cl)nc(N2CCC(CC(N)=O)CC2)n1. The molecule has 1 aliphatic rings. The molecule has 1 saturated heterocycles. The molecule has 2 heterocycles. The molecule has 8 heteroatoms. The highest BCUT2D eigenvalue weighted by molar-refractivity contribution is 6.28. The van der Waals surface area contributed by atoms with Crippen molar-refractivity contribution in [3.05, 3.63) is 5.28 Å². The Morgan fingerprint density at radius 3 is 2.68 bits per heavy atom. The quantitative estimate of drug-likeness (QED) is 0.872. The van der Waals surface area contributed by atoms with Gasteiger partial charge in [0, 0.05) is 19.5 Å². The van der Waals surface area contributed by atoms with E-state index in [2.05, 4.69) is 15.0 Å². The number of methoxy groups -OCH3 is 1. The fourth-order valence-corrected chi connectivity index (χ4v) is 2.32. The third-order valence-electron chi connectivity index (χ3n) is 3.15. The maximum absolute atomic E-state index is 10.9. The molecule has 2 rings (SSSR count). The molecule has 1 amide bonds. The number of nitrogens with two attached hydrogens (primary N) is 1. The number of hydrogen-bond donors (Lipinski definition) is 1. The average molecular weight is 286 g/mol. The van der Waals surface area contributed by atoms with Crippen molar-refractivity contribution in [2.24, 2.45) is 11.7 Å². The van der Waals surface area contributed by atoms with Gasteiger partial charge in [0.25, 0.3) is 0 Å². The van der Waals surface area contributed by atoms with Gasteiger partial charge in [-0.05, 0) is 30.4 Å². The Labute approximate surface area is 116 Å². The molecule has 2 N–H and O–H groups in total. The number of ether oxygens (including phenoxy) is 1. The fraction of sp³-hybridized carbons (Fsp3) is 0.636. The van der Waals surface area contributed by atoms with Crippen LogP contribution < -0.4 is 15.4 Å². The number of amides is 1. The van der Waals surface area contributed by atoms with Gasteiger partial charge in [-0.3, -0.25) is 4.79 Å². The predicted molar refractivity (Wildman–Crippen MR) is 70.1 cm³/mol. The molecule has 1 aromatic heterocycles. The summed E-state index contributed by atoms with van der Waals surface area (Å²) in [6.07, 6.45) is 2.21. The van der Waals surface area contributed by atoms with Gasteiger partial charge < -0.3 is 15.4 Å². The lowest BCUT2D eigenvalue weighted by atomic mass is 9.93. The van der Waals surface area contributed by atoms with Gasteiger partial charge in [-0.1, -0.05) is 0 Å². The molecule has 1 aromatic rings. The fourth-order valence-electron chi connectivity index (χ4n) is 2.18. The second-order valence-electron chi connectivity index (χ2n) is 4.49. The molecule has 0 aliphatic carbocycles. The van der Waals surface area contributed by atoms with Crippen molar-refractivity contribution in [2.75, 3.05) is 25.1 Å². The first-order valence-corrected chi connectivity index (χ1v) is 6.45. The number of carbonyl (C=O) groups excluding carboxylic acids is 1. The molecule has 0 radical (unpaired) electrons. The second-order valence-corrected chi connectivity index (χ2v) is 4.83. The summed E-state index contributed by atoms with van der Waals surface area (Å²) in [5, 5.41) is 0.112. The lowest BCUT2D eigenvalue weighted by Gasteiger charge is -2.31. The number of halogens is 1. The van der Waals surface area contributed by atoms with Crippen LogP contribution in [0.3, 0.4) is 0 Å². The van der Waals surface area contributed by atoms with Crippen LogP contribution in [0, 0.1) is 5.92 Å². The van der Waals surface area contributed by atoms with Crippen LogP contribution in [0.25, 0.3) is 0 Å². The van der Waals surface area contributed by atoms with Crippen LogP contribution in [0.2, 0.25) is 5.28 Å². The molecule has 0 atom stereocenters. The standard InChI is InChI=1S/C11H16ClN5O2/c1-19-11-15-9(12)14-10(16-11)17-4-2-7(3-5-17)6-8(13)18/h7H,2-6H2,1H3,(H2,13,18). The van der Waals surface area contributed by atoms with Crippen LogP contribution in [-0.2, 0) is 4.79 Å². The zero-order valence-corrected chi connectivity index (χ0v) is 11.4. The normalized spacial score (nSPS) is 16.4. The molecule has 19 heavy (non-hydrogen) atoms. The molecular formula is C11H16ClN5O2. The van der Waals surface area contributed by atoms with E-state index in [0.29, 0.717) is 18.3 Å². The van der Waals surface area contributed by atoms with Crippen molar-refractivity contribution in [3.63, 3.8) is 0 Å². The maximum atomic E-state index is 10.9. The van der Waals surface area contributed by atoms with Gasteiger partial charge in [-0.2, -0.15) is 15.0 Å². The number of primary amides is 1. The van der Waals surface area contributed by atoms with Crippen molar-refractivity contribution in [3.8, 4) is 6.01 Å². The average Bonchev–Trinajstić information content (AvgIpc) is 2.38. The number of hydrogen-bond acceptors (Lipinski definition) is 6. The Kier molecular flexibility index (Phi) is 4.36. The van der Waals surface area contributed by atoms with E-state index in [1.165, 1.54) is 7.11 Å². The smallest absolute Gasteiger partial charge is 0.322 e. The van der Waals surface area contributed by atoms with Crippen LogP contribution in [-0.4, -0.2) is 41.1 Å². The highest BCUT2D eigenvalue weighted by Crippen LogP contribution is 2.24. The van der Waals surface area contributed by atoms with Gasteiger partial charge in [0.15, 0.2) is 0 Å². The van der Waals surface area contributed by atoms with Gasteiger partial charge in [0.05, 0.1) is 7.11 Å². The van der Waals surface area contributed by atoms with E-state index in [-0.39, 0.29) is 17.2 Å². The minimum absolute atomic E-state index is 0.112. The molecule has 104 valence electrons. The van der Waals surface area contributed by atoms with E-state index in [0.717, 1.165) is 25.9 Å². The molecule has 0 saturated carbocycles. The first-order valence-electron chi connectivity index (χ1n) is 6.07. The molecule has 0 aromatic carbocycles. The number of carbonyl (C=O) groups is 1. The predicted octanol–water partition coefficient (Wildman–Crippen LogP) is 0.625. The van der Waals surface area contributed by atoms with E-state index < -0.39 is 0 Å². The van der Waals surface area contributed by atoms with Crippen molar-refractivity contribution in [2.45, 2.75) is 19.3 Å². The van der Waals surface area contributed by atoms with Gasteiger partial charge in [-0.15, -0.1) is 0 Å². The molecule has 0 bridgehead atoms. The van der Waals surface area contributed by atoms with E-state index in [9.17, 15) is 4.79 Å². The van der Waals surface area contributed by atoms with Gasteiger partial charge in [0.1, 0.15) is 0 Å². The summed E-state index contributed by atoms with van der Waals surface area (Å²) in [6.45, 7) is 1.53. The summed E-state index contributed by atoms with van der Waals surface area (Å²) >= 11 is 5.82. The van der Waals surface area contributed by atoms with Crippen molar-refractivity contribution in [1.82, 2.24) is 15.0 Å². The van der Waals surface area contributed by atoms with Crippen molar-refractivity contribution >= 4 is 23.5 Å². The summed E-state index contributed by atoms with van der Waals surface area (Å²) in [5.41, 5.74) is 5.21. The van der Waals surface area contributed by atoms with Gasteiger partial charge in [0.2, 0.25) is 17.1 Å². The minimum Gasteiger partial charge on any atom is -0.467 e. The van der Waals surface area contributed by atoms with E-state index >= 15 is 0 Å². The summed E-state index contributed by atoms with van der Waals surface area (Å²) in [6, 6.07) is 0.203. The summed E-state index contributed by atoms with van der Waals surface area (Å²) in [4.78, 5) is 25.0. The number of piperidine rings is 1. The topological polar surface area (TPSA) is 94.2 Å². The van der Waals surface area contributed by atoms with Crippen LogP contribution in [0.5, 0.6) is 6.01 Å². The van der Waals surface area contributed by atoms with E-state index in [4.69, 9.17) is 22.1 Å². The first kappa shape index (κ1) is 13.8. The zero-order valence-electron chi connectivity index (χ0n) is 10.7. The van der Waals surface area contributed by atoms with Crippen LogP contribution >= 0.6 is 11.6 Å². The molecule has 0 spiro atoms. The largest absolute Gasteiger partial charge is 0.467 e. The Morgan fingerprint density at radius 1 is 1.42 bits per heavy atom. The Balaban J connectivity index is 2.01. The number of nitrogens with zero attached hydrogens (tertiary/aromatic N) is 4. The second kappa shape index (κ2) is 6.01. The van der Waals surface area contributed by atoms with Crippen molar-refractivity contribution in [1.29, 1.82) is 0 Å². The van der Waals surface area contributed by atoms with Crippen LogP contribution in [0.1, 0.15) is 19.3 Å². The summed E-state index contributed by atoms with van der Waals surface area (Å²) in [7, 11) is 1.48. The first-order chi connectivity index (χ1) is 9.08. The lowest BCUT2D eigenvalue weighted by molar-refractivity contribution is -0.119. The Hall–Kier alpha value is -1.63. The lowest BCUT2D eigenvalue weighted by Crippen LogP contribution is -2.36. The van der Waals surface area contributed by atoms with Gasteiger partial charge in [-0.25, -0.2) is 0 Å². The molecular weight excluding hydrogens is 270 g/mol. The van der Waals surface area contributed by atoms with Crippen LogP contribution in [0.15, 0.2) is 0 Å². The third-order valence-corrected chi connectivity index (χ3v) is 3.31. The molecule has 1 aliphatic heterocycles. The zero-order chi connectivity index (χ0) is 13.8. The number of anilines is 1. The third kappa shape index (κ3) is 3.66. The minimum atomic E-state index is -0.247. The van der Waals surface area contributed by atoms with Gasteiger partial charge >= 0.3 is 6.01 Å². The monoisotopic (exact) mass is 285 g/mol. The molecule has 0 unspecified atom stereocenters. The maximum Gasteiger partial charge on any atom is 0.322 e. The highest BCUT2D eigenvalue weighted by atomic mass is 35.5. The number of aromatic nitrogens is 3. The van der Waals surface area contributed by atoms with Crippen molar-refractivity contribution < 1.29 is 9.53 Å². The van der Waals surface area contributed by atoms with E-state index in [1.54, 1.807) is 0 Å². The summed E-state index contributed by atoms with van der Waals surface area (Å²) in [5.74, 6) is 0.602. The Morgan fingerprint density at radius 2 is 2.11 bits per heavy atom. The van der Waals surface area contributed by atoms with Crippen LogP contribution in [0.4, 0.5) is 5.95 Å². The van der Waals surface area contributed by atoms with E-state index in [1.807, 2.05) is 4.90 Å². The summed E-state index contributed by atoms with van der Waals surface area (Å²) < 4.78 is 4.97. The number of rotatable bonds is 4. The highest BCUT2D eigenvalue weighted by Gasteiger charge is 2.23. The Bertz CT molecular complexity index is 462. The molecule has 7 nitrogen and oxygen atoms in total.